The maximum absolute atomic E-state index is 11.4. The number of nitrogens with two attached hydrogens (primary N) is 1. The minimum Gasteiger partial charge on any atom is -0.327 e. The third kappa shape index (κ3) is 3.58. The molecular formula is C12H20BrN3O2S. The normalized spacial score (nSPS) is 23.7. The lowest BCUT2D eigenvalue weighted by atomic mass is 9.97. The average Bonchev–Trinajstić information content (AvgIpc) is 2.74. The second kappa shape index (κ2) is 5.54. The lowest BCUT2D eigenvalue weighted by Crippen LogP contribution is -2.27. The van der Waals surface area contributed by atoms with E-state index in [1.54, 1.807) is 0 Å². The van der Waals surface area contributed by atoms with Crippen LogP contribution in [0.25, 0.3) is 0 Å². The minimum atomic E-state index is -2.81. The Balaban J connectivity index is 1.96. The summed E-state index contributed by atoms with van der Waals surface area (Å²) in [5, 5.41) is 4.34. The molecule has 1 aromatic rings. The molecule has 1 fully saturated rings. The van der Waals surface area contributed by atoms with Crippen LogP contribution in [0.3, 0.4) is 0 Å². The van der Waals surface area contributed by atoms with Crippen LogP contribution in [0.1, 0.15) is 24.2 Å². The van der Waals surface area contributed by atoms with Gasteiger partial charge in [0.25, 0.3) is 0 Å². The molecule has 1 aromatic heterocycles. The lowest BCUT2D eigenvalue weighted by molar-refractivity contribution is 0.460. The highest BCUT2D eigenvalue weighted by atomic mass is 79.9. The van der Waals surface area contributed by atoms with Crippen LogP contribution >= 0.6 is 15.9 Å². The van der Waals surface area contributed by atoms with Gasteiger partial charge in [-0.3, -0.25) is 4.68 Å². The molecule has 19 heavy (non-hydrogen) atoms. The van der Waals surface area contributed by atoms with Gasteiger partial charge in [0.05, 0.1) is 27.4 Å². The molecule has 108 valence electrons. The molecule has 5 nitrogen and oxygen atoms in total. The molecule has 1 saturated heterocycles. The summed E-state index contributed by atoms with van der Waals surface area (Å²) in [7, 11) is -0.906. The molecule has 0 spiro atoms. The van der Waals surface area contributed by atoms with E-state index in [2.05, 4.69) is 21.0 Å². The second-order valence-corrected chi connectivity index (χ2v) is 8.46. The van der Waals surface area contributed by atoms with E-state index in [0.717, 1.165) is 28.7 Å². The topological polar surface area (TPSA) is 78.0 Å². The van der Waals surface area contributed by atoms with Crippen molar-refractivity contribution in [1.82, 2.24) is 9.78 Å². The summed E-state index contributed by atoms with van der Waals surface area (Å²) < 4.78 is 25.7. The Bertz CT molecular complexity index is 568. The Morgan fingerprint density at radius 2 is 2.26 bits per heavy atom. The minimum absolute atomic E-state index is 0.0237. The third-order valence-electron chi connectivity index (χ3n) is 3.68. The number of hydrogen-bond acceptors (Lipinski definition) is 4. The van der Waals surface area contributed by atoms with Gasteiger partial charge < -0.3 is 5.73 Å². The Morgan fingerprint density at radius 1 is 1.58 bits per heavy atom. The van der Waals surface area contributed by atoms with Gasteiger partial charge in [-0.2, -0.15) is 5.10 Å². The van der Waals surface area contributed by atoms with E-state index in [1.807, 2.05) is 18.7 Å². The van der Waals surface area contributed by atoms with Gasteiger partial charge in [-0.15, -0.1) is 0 Å². The van der Waals surface area contributed by atoms with Crippen molar-refractivity contribution in [2.45, 2.75) is 32.2 Å². The zero-order valence-corrected chi connectivity index (χ0v) is 13.7. The van der Waals surface area contributed by atoms with Crippen molar-refractivity contribution in [1.29, 1.82) is 0 Å². The first-order chi connectivity index (χ1) is 8.78. The predicted octanol–water partition coefficient (Wildman–Crippen LogP) is 1.19. The van der Waals surface area contributed by atoms with Gasteiger partial charge in [0.15, 0.2) is 9.84 Å². The van der Waals surface area contributed by atoms with E-state index in [-0.39, 0.29) is 12.0 Å². The van der Waals surface area contributed by atoms with E-state index >= 15 is 0 Å². The Kier molecular flexibility index (Phi) is 4.37. The van der Waals surface area contributed by atoms with Crippen LogP contribution in [-0.4, -0.2) is 35.7 Å². The average molecular weight is 350 g/mol. The van der Waals surface area contributed by atoms with Crippen LogP contribution in [0.5, 0.6) is 0 Å². The maximum atomic E-state index is 11.4. The predicted molar refractivity (Wildman–Crippen MR) is 78.7 cm³/mol. The molecule has 0 radical (unpaired) electrons. The van der Waals surface area contributed by atoms with Crippen molar-refractivity contribution in [3.05, 3.63) is 15.9 Å². The van der Waals surface area contributed by atoms with Crippen molar-refractivity contribution in [2.75, 3.05) is 11.5 Å². The van der Waals surface area contributed by atoms with Gasteiger partial charge in [0, 0.05) is 19.5 Å². The third-order valence-corrected chi connectivity index (χ3v) is 6.55. The summed E-state index contributed by atoms with van der Waals surface area (Å²) in [4.78, 5) is 0. The lowest BCUT2D eigenvalue weighted by Gasteiger charge is -2.15. The van der Waals surface area contributed by atoms with Crippen molar-refractivity contribution < 1.29 is 8.42 Å². The molecule has 0 aromatic carbocycles. The summed E-state index contributed by atoms with van der Waals surface area (Å²) >= 11 is 3.53. The van der Waals surface area contributed by atoms with Crippen molar-refractivity contribution in [2.24, 2.45) is 18.7 Å². The monoisotopic (exact) mass is 349 g/mol. The molecule has 0 aliphatic carbocycles. The van der Waals surface area contributed by atoms with E-state index in [9.17, 15) is 8.42 Å². The van der Waals surface area contributed by atoms with E-state index < -0.39 is 9.84 Å². The van der Waals surface area contributed by atoms with E-state index in [0.29, 0.717) is 17.9 Å². The highest BCUT2D eigenvalue weighted by molar-refractivity contribution is 9.10. The molecule has 2 heterocycles. The quantitative estimate of drug-likeness (QED) is 0.885. The number of rotatable bonds is 4. The van der Waals surface area contributed by atoms with Crippen LogP contribution in [0, 0.1) is 12.8 Å². The van der Waals surface area contributed by atoms with Crippen molar-refractivity contribution in [3.8, 4) is 0 Å². The number of hydrogen-bond donors (Lipinski definition) is 1. The van der Waals surface area contributed by atoms with Gasteiger partial charge in [-0.05, 0) is 41.6 Å². The first-order valence-electron chi connectivity index (χ1n) is 6.42. The zero-order valence-electron chi connectivity index (χ0n) is 11.3. The smallest absolute Gasteiger partial charge is 0.150 e. The van der Waals surface area contributed by atoms with E-state index in [1.165, 1.54) is 0 Å². The number of aromatic nitrogens is 2. The van der Waals surface area contributed by atoms with Crippen LogP contribution in [0.4, 0.5) is 0 Å². The standard InChI is InChI=1S/C12H20BrN3O2S/c1-8-12(13)11(16(2)15-8)6-10(14)5-9-3-4-19(17,18)7-9/h9-10H,3-7,14H2,1-2H3. The van der Waals surface area contributed by atoms with Gasteiger partial charge in [0.1, 0.15) is 0 Å². The molecule has 2 atom stereocenters. The number of nitrogens with zero attached hydrogens (tertiary/aromatic N) is 2. The zero-order chi connectivity index (χ0) is 14.2. The first-order valence-corrected chi connectivity index (χ1v) is 9.04. The molecule has 1 aliphatic rings. The fraction of sp³-hybridized carbons (Fsp3) is 0.750. The molecule has 0 amide bonds. The second-order valence-electron chi connectivity index (χ2n) is 5.44. The Labute approximate surface area is 122 Å². The van der Waals surface area contributed by atoms with Crippen LogP contribution in [-0.2, 0) is 23.3 Å². The highest BCUT2D eigenvalue weighted by Crippen LogP contribution is 2.26. The number of aryl methyl sites for hydroxylation is 2. The Morgan fingerprint density at radius 3 is 2.74 bits per heavy atom. The first kappa shape index (κ1) is 15.0. The summed E-state index contributed by atoms with van der Waals surface area (Å²) in [6.07, 6.45) is 2.23. The summed E-state index contributed by atoms with van der Waals surface area (Å²) in [5.74, 6) is 0.832. The molecule has 1 aliphatic heterocycles. The SMILES string of the molecule is Cc1nn(C)c(CC(N)CC2CCS(=O)(=O)C2)c1Br. The summed E-state index contributed by atoms with van der Waals surface area (Å²) in [6.45, 7) is 1.95. The molecule has 2 unspecified atom stereocenters. The van der Waals surface area contributed by atoms with Gasteiger partial charge >= 0.3 is 0 Å². The van der Waals surface area contributed by atoms with Crippen molar-refractivity contribution >= 4 is 25.8 Å². The van der Waals surface area contributed by atoms with Crippen molar-refractivity contribution in [3.63, 3.8) is 0 Å². The fourth-order valence-corrected chi connectivity index (χ4v) is 5.10. The maximum Gasteiger partial charge on any atom is 0.150 e. The summed E-state index contributed by atoms with van der Waals surface area (Å²) in [5.41, 5.74) is 8.19. The molecule has 2 N–H and O–H groups in total. The van der Waals surface area contributed by atoms with Crippen LogP contribution < -0.4 is 5.73 Å². The van der Waals surface area contributed by atoms with Gasteiger partial charge in [-0.25, -0.2) is 8.42 Å². The molecular weight excluding hydrogens is 330 g/mol. The molecule has 7 heteroatoms. The fourth-order valence-electron chi connectivity index (χ4n) is 2.72. The molecule has 2 rings (SSSR count). The largest absolute Gasteiger partial charge is 0.327 e. The number of sulfone groups is 1. The van der Waals surface area contributed by atoms with Crippen LogP contribution in [0.2, 0.25) is 0 Å². The molecule has 0 bridgehead atoms. The van der Waals surface area contributed by atoms with Gasteiger partial charge in [0.2, 0.25) is 0 Å². The summed E-state index contributed by atoms with van der Waals surface area (Å²) in [6, 6.07) is -0.0237. The van der Waals surface area contributed by atoms with Crippen LogP contribution in [0.15, 0.2) is 4.47 Å². The number of halogens is 1. The molecule has 0 saturated carbocycles. The Hall–Kier alpha value is -0.400. The van der Waals surface area contributed by atoms with Gasteiger partial charge in [-0.1, -0.05) is 0 Å². The highest BCUT2D eigenvalue weighted by Gasteiger charge is 2.29. The van der Waals surface area contributed by atoms with E-state index in [4.69, 9.17) is 5.73 Å².